The van der Waals surface area contributed by atoms with E-state index in [0.717, 1.165) is 0 Å². The summed E-state index contributed by atoms with van der Waals surface area (Å²) in [5.41, 5.74) is 11.0. The quantitative estimate of drug-likeness (QED) is 0.179. The molecule has 10 rings (SSSR count). The second kappa shape index (κ2) is 9.94. The molecule has 8 aromatic carbocycles. The summed E-state index contributed by atoms with van der Waals surface area (Å²) in [6, 6.07) is 60.1. The van der Waals surface area contributed by atoms with Gasteiger partial charge in [-0.3, -0.25) is 0 Å². The van der Waals surface area contributed by atoms with Crippen molar-refractivity contribution in [3.05, 3.63) is 169 Å². The van der Waals surface area contributed by atoms with E-state index in [-0.39, 0.29) is 0 Å². The molecule has 2 nitrogen and oxygen atoms in total. The molecule has 2 aromatic heterocycles. The molecule has 0 saturated carbocycles. The van der Waals surface area contributed by atoms with Crippen molar-refractivity contribution in [2.24, 2.45) is 0 Å². The summed E-state index contributed by atoms with van der Waals surface area (Å²) >= 11 is 0. The zero-order valence-electron chi connectivity index (χ0n) is 26.0. The zero-order valence-corrected chi connectivity index (χ0v) is 26.0. The number of aryl methyl sites for hydroxylation is 1. The summed E-state index contributed by atoms with van der Waals surface area (Å²) in [5.74, 6) is 0. The highest BCUT2D eigenvalue weighted by molar-refractivity contribution is 6.32. The molecule has 0 saturated heterocycles. The van der Waals surface area contributed by atoms with Gasteiger partial charge >= 0.3 is 0 Å². The third-order valence-electron chi connectivity index (χ3n) is 9.97. The number of fused-ring (bicyclic) bond motifs is 11. The summed E-state index contributed by atoms with van der Waals surface area (Å²) in [7, 11) is 0. The van der Waals surface area contributed by atoms with Crippen LogP contribution in [0.5, 0.6) is 0 Å². The maximum Gasteiger partial charge on any atom is 0.0547 e. The van der Waals surface area contributed by atoms with Crippen LogP contribution >= 0.6 is 0 Å². The topological polar surface area (TPSA) is 9.86 Å². The Kier molecular flexibility index (Phi) is 5.53. The van der Waals surface area contributed by atoms with Crippen molar-refractivity contribution in [3.8, 4) is 22.5 Å². The van der Waals surface area contributed by atoms with E-state index >= 15 is 0 Å². The van der Waals surface area contributed by atoms with E-state index in [0.29, 0.717) is 0 Å². The second-order valence-electron chi connectivity index (χ2n) is 12.6. The number of rotatable bonds is 3. The Bertz CT molecular complexity index is 2820. The van der Waals surface area contributed by atoms with Gasteiger partial charge in [0, 0.05) is 32.9 Å². The first kappa shape index (κ1) is 26.1. The number of para-hydroxylation sites is 2. The van der Waals surface area contributed by atoms with Crippen LogP contribution in [-0.4, -0.2) is 9.13 Å². The highest BCUT2D eigenvalue weighted by Crippen LogP contribution is 2.43. The predicted molar refractivity (Wildman–Crippen MR) is 200 cm³/mol. The second-order valence-corrected chi connectivity index (χ2v) is 12.6. The molecule has 220 valence electrons. The van der Waals surface area contributed by atoms with Gasteiger partial charge in [-0.05, 0) is 88.1 Å². The summed E-state index contributed by atoms with van der Waals surface area (Å²) in [6.45, 7) is 2.14. The monoisotopic (exact) mass is 598 g/mol. The van der Waals surface area contributed by atoms with E-state index in [1.54, 1.807) is 0 Å². The van der Waals surface area contributed by atoms with Crippen LogP contribution in [0.15, 0.2) is 164 Å². The normalized spacial score (nSPS) is 11.9. The minimum absolute atomic E-state index is 1.17. The van der Waals surface area contributed by atoms with Gasteiger partial charge in [-0.25, -0.2) is 0 Å². The standard InChI is InChI=1S/C45H30N2/c1-29-15-21-33(22-16-29)46-39-13-7-5-11-37(39)44-36-25-19-32-20-27-42-45(43(32)35(36)26-28-41(44)46)38-12-6-8-14-40(38)47(42)34-23-17-31(18-24-34)30-9-3-2-4-10-30/h2-28H,1H3. The van der Waals surface area contributed by atoms with Crippen LogP contribution in [0, 0.1) is 6.92 Å². The Morgan fingerprint density at radius 2 is 0.809 bits per heavy atom. The van der Waals surface area contributed by atoms with E-state index in [2.05, 4.69) is 180 Å². The number of aromatic nitrogens is 2. The predicted octanol–water partition coefficient (Wildman–Crippen LogP) is 12.2. The van der Waals surface area contributed by atoms with Crippen LogP contribution in [0.1, 0.15) is 5.56 Å². The first-order chi connectivity index (χ1) is 23.2. The average Bonchev–Trinajstić information content (AvgIpc) is 3.65. The Labute approximate surface area is 272 Å². The molecule has 0 amide bonds. The van der Waals surface area contributed by atoms with Gasteiger partial charge in [-0.15, -0.1) is 0 Å². The Balaban J connectivity index is 1.29. The van der Waals surface area contributed by atoms with Crippen molar-refractivity contribution in [1.29, 1.82) is 0 Å². The fourth-order valence-electron chi connectivity index (χ4n) is 7.84. The van der Waals surface area contributed by atoms with Gasteiger partial charge in [0.25, 0.3) is 0 Å². The van der Waals surface area contributed by atoms with Gasteiger partial charge in [0.1, 0.15) is 0 Å². The van der Waals surface area contributed by atoms with E-state index in [9.17, 15) is 0 Å². The summed E-state index contributed by atoms with van der Waals surface area (Å²) in [5, 5.41) is 10.3. The summed E-state index contributed by atoms with van der Waals surface area (Å²) in [4.78, 5) is 0. The minimum Gasteiger partial charge on any atom is -0.309 e. The van der Waals surface area contributed by atoms with Gasteiger partial charge in [0.05, 0.1) is 22.1 Å². The van der Waals surface area contributed by atoms with Crippen molar-refractivity contribution >= 4 is 65.2 Å². The molecule has 0 aliphatic heterocycles. The zero-order chi connectivity index (χ0) is 31.1. The highest BCUT2D eigenvalue weighted by atomic mass is 15.0. The molecule has 2 heterocycles. The van der Waals surface area contributed by atoms with Gasteiger partial charge in [0.2, 0.25) is 0 Å². The molecule has 0 aliphatic rings. The lowest BCUT2D eigenvalue weighted by Gasteiger charge is -2.11. The van der Waals surface area contributed by atoms with Gasteiger partial charge in [-0.1, -0.05) is 121 Å². The first-order valence-corrected chi connectivity index (χ1v) is 16.3. The minimum atomic E-state index is 1.17. The van der Waals surface area contributed by atoms with E-state index in [4.69, 9.17) is 0 Å². The van der Waals surface area contributed by atoms with Crippen molar-refractivity contribution in [3.63, 3.8) is 0 Å². The third-order valence-corrected chi connectivity index (χ3v) is 9.97. The van der Waals surface area contributed by atoms with Crippen LogP contribution in [-0.2, 0) is 0 Å². The van der Waals surface area contributed by atoms with Gasteiger partial charge in [0.15, 0.2) is 0 Å². The van der Waals surface area contributed by atoms with Crippen molar-refractivity contribution in [1.82, 2.24) is 9.13 Å². The fraction of sp³-hybridized carbons (Fsp3) is 0.0222. The molecular weight excluding hydrogens is 569 g/mol. The Morgan fingerprint density at radius 3 is 1.51 bits per heavy atom. The molecule has 0 fully saturated rings. The van der Waals surface area contributed by atoms with Crippen molar-refractivity contribution in [2.75, 3.05) is 0 Å². The molecule has 10 aromatic rings. The molecular formula is C45H30N2. The van der Waals surface area contributed by atoms with E-state index in [1.807, 2.05) is 0 Å². The van der Waals surface area contributed by atoms with E-state index in [1.165, 1.54) is 93.2 Å². The van der Waals surface area contributed by atoms with Crippen LogP contribution in [0.3, 0.4) is 0 Å². The van der Waals surface area contributed by atoms with Crippen LogP contribution in [0.2, 0.25) is 0 Å². The molecule has 0 aliphatic carbocycles. The maximum absolute atomic E-state index is 2.43. The van der Waals surface area contributed by atoms with E-state index < -0.39 is 0 Å². The summed E-state index contributed by atoms with van der Waals surface area (Å²) in [6.07, 6.45) is 0. The number of benzene rings is 8. The lowest BCUT2D eigenvalue weighted by Crippen LogP contribution is -1.94. The molecule has 0 N–H and O–H groups in total. The van der Waals surface area contributed by atoms with Crippen molar-refractivity contribution < 1.29 is 0 Å². The lowest BCUT2D eigenvalue weighted by atomic mass is 9.95. The lowest BCUT2D eigenvalue weighted by molar-refractivity contribution is 1.18. The van der Waals surface area contributed by atoms with Crippen LogP contribution < -0.4 is 0 Å². The molecule has 0 atom stereocenters. The third kappa shape index (κ3) is 3.79. The molecule has 0 radical (unpaired) electrons. The molecule has 0 bridgehead atoms. The number of nitrogens with zero attached hydrogens (tertiary/aromatic N) is 2. The smallest absolute Gasteiger partial charge is 0.0547 e. The van der Waals surface area contributed by atoms with Gasteiger partial charge < -0.3 is 9.13 Å². The number of hydrogen-bond donors (Lipinski definition) is 0. The maximum atomic E-state index is 2.43. The SMILES string of the molecule is Cc1ccc(-n2c3ccccc3c3c4ccc5ccc6c(c7ccccc7n6-c6ccc(-c7ccccc7)cc6)c5c4ccc32)cc1. The molecule has 0 unspecified atom stereocenters. The fourth-order valence-corrected chi connectivity index (χ4v) is 7.84. The first-order valence-electron chi connectivity index (χ1n) is 16.3. The molecule has 0 spiro atoms. The summed E-state index contributed by atoms with van der Waals surface area (Å²) < 4.78 is 4.85. The Morgan fingerprint density at radius 1 is 0.319 bits per heavy atom. The largest absolute Gasteiger partial charge is 0.309 e. The highest BCUT2D eigenvalue weighted by Gasteiger charge is 2.19. The van der Waals surface area contributed by atoms with Crippen LogP contribution in [0.4, 0.5) is 0 Å². The van der Waals surface area contributed by atoms with Crippen LogP contribution in [0.25, 0.3) is 87.7 Å². The Hall–Kier alpha value is -6.12. The molecule has 2 heteroatoms. The van der Waals surface area contributed by atoms with Gasteiger partial charge in [-0.2, -0.15) is 0 Å². The molecule has 47 heavy (non-hydrogen) atoms. The van der Waals surface area contributed by atoms with Crippen molar-refractivity contribution in [2.45, 2.75) is 6.92 Å². The number of hydrogen-bond acceptors (Lipinski definition) is 0. The average molecular weight is 599 g/mol.